The van der Waals surface area contributed by atoms with E-state index in [1.54, 1.807) is 0 Å². The number of allylic oxidation sites excluding steroid dienone is 1. The van der Waals surface area contributed by atoms with Gasteiger partial charge in [0.1, 0.15) is 5.76 Å². The van der Waals surface area contributed by atoms with Crippen molar-refractivity contribution in [2.24, 2.45) is 0 Å². The van der Waals surface area contributed by atoms with E-state index in [0.717, 1.165) is 6.42 Å². The molecule has 0 aromatic rings. The van der Waals surface area contributed by atoms with Gasteiger partial charge in [0.2, 0.25) is 0 Å². The van der Waals surface area contributed by atoms with Crippen molar-refractivity contribution in [2.75, 3.05) is 12.4 Å². The van der Waals surface area contributed by atoms with Crippen LogP contribution < -0.4 is 0 Å². The molecule has 1 heterocycles. The van der Waals surface area contributed by atoms with Crippen molar-refractivity contribution >= 4 is 9.84 Å². The first-order valence-corrected chi connectivity index (χ1v) is 5.42. The topological polar surface area (TPSA) is 43.4 Å². The van der Waals surface area contributed by atoms with E-state index in [9.17, 15) is 8.42 Å². The summed E-state index contributed by atoms with van der Waals surface area (Å²) in [6, 6.07) is 0. The quantitative estimate of drug-likeness (QED) is 0.632. The Morgan fingerprint density at radius 3 is 2.91 bits per heavy atom. The van der Waals surface area contributed by atoms with Crippen molar-refractivity contribution < 1.29 is 13.2 Å². The Morgan fingerprint density at radius 1 is 1.64 bits per heavy atom. The molecular weight excluding hydrogens is 164 g/mol. The monoisotopic (exact) mass is 176 g/mol. The van der Waals surface area contributed by atoms with E-state index < -0.39 is 9.84 Å². The molecule has 0 spiro atoms. The van der Waals surface area contributed by atoms with Crippen LogP contribution in [0.5, 0.6) is 0 Å². The van der Waals surface area contributed by atoms with Crippen LogP contribution in [0.1, 0.15) is 19.8 Å². The van der Waals surface area contributed by atoms with Gasteiger partial charge in [0, 0.05) is 6.42 Å². The van der Waals surface area contributed by atoms with Gasteiger partial charge in [-0.15, -0.1) is 0 Å². The fraction of sp³-hybridized carbons (Fsp3) is 0.714. The summed E-state index contributed by atoms with van der Waals surface area (Å²) in [7, 11) is -2.94. The SMILES string of the molecule is CCOC1=CS(=O)(=O)CCC1. The molecule has 0 bridgehead atoms. The summed E-state index contributed by atoms with van der Waals surface area (Å²) in [5.41, 5.74) is 0. The Balaban J connectivity index is 2.73. The zero-order chi connectivity index (χ0) is 8.32. The summed E-state index contributed by atoms with van der Waals surface area (Å²) >= 11 is 0. The van der Waals surface area contributed by atoms with E-state index in [4.69, 9.17) is 4.74 Å². The van der Waals surface area contributed by atoms with Gasteiger partial charge < -0.3 is 4.74 Å². The lowest BCUT2D eigenvalue weighted by Gasteiger charge is -2.12. The molecule has 0 saturated heterocycles. The molecule has 0 radical (unpaired) electrons. The average Bonchev–Trinajstić information content (AvgIpc) is 1.85. The number of hydrogen-bond donors (Lipinski definition) is 0. The lowest BCUT2D eigenvalue weighted by Crippen LogP contribution is -2.10. The number of sulfone groups is 1. The van der Waals surface area contributed by atoms with E-state index in [0.29, 0.717) is 18.8 Å². The van der Waals surface area contributed by atoms with E-state index in [-0.39, 0.29) is 5.75 Å². The molecule has 0 N–H and O–H groups in total. The minimum Gasteiger partial charge on any atom is -0.498 e. The first-order chi connectivity index (χ1) is 5.14. The van der Waals surface area contributed by atoms with Crippen molar-refractivity contribution in [2.45, 2.75) is 19.8 Å². The lowest BCUT2D eigenvalue weighted by molar-refractivity contribution is 0.217. The smallest absolute Gasteiger partial charge is 0.174 e. The van der Waals surface area contributed by atoms with Gasteiger partial charge in [-0.05, 0) is 13.3 Å². The summed E-state index contributed by atoms with van der Waals surface area (Å²) in [4.78, 5) is 0. The maximum absolute atomic E-state index is 11.0. The minimum atomic E-state index is -2.94. The van der Waals surface area contributed by atoms with Gasteiger partial charge in [-0.3, -0.25) is 0 Å². The van der Waals surface area contributed by atoms with Crippen LogP contribution in [0.2, 0.25) is 0 Å². The Morgan fingerprint density at radius 2 is 2.36 bits per heavy atom. The number of hydrogen-bond acceptors (Lipinski definition) is 3. The molecule has 0 saturated carbocycles. The summed E-state index contributed by atoms with van der Waals surface area (Å²) in [6.07, 6.45) is 1.45. The molecule has 1 aliphatic rings. The van der Waals surface area contributed by atoms with Crippen molar-refractivity contribution in [1.29, 1.82) is 0 Å². The van der Waals surface area contributed by atoms with Crippen LogP contribution in [0.25, 0.3) is 0 Å². The van der Waals surface area contributed by atoms with Crippen LogP contribution in [0.4, 0.5) is 0 Å². The maximum Gasteiger partial charge on any atom is 0.174 e. The highest BCUT2D eigenvalue weighted by Crippen LogP contribution is 2.16. The average molecular weight is 176 g/mol. The zero-order valence-corrected chi connectivity index (χ0v) is 7.36. The Bertz CT molecular complexity index is 251. The first-order valence-electron chi connectivity index (χ1n) is 3.70. The third-order valence-electron chi connectivity index (χ3n) is 1.49. The standard InChI is InChI=1S/C7H12O3S/c1-2-10-7-4-3-5-11(8,9)6-7/h6H,2-5H2,1H3. The van der Waals surface area contributed by atoms with Crippen molar-refractivity contribution in [3.63, 3.8) is 0 Å². The second-order valence-corrected chi connectivity index (χ2v) is 4.46. The molecule has 0 atom stereocenters. The molecule has 64 valence electrons. The largest absolute Gasteiger partial charge is 0.498 e. The van der Waals surface area contributed by atoms with Crippen LogP contribution in [0.3, 0.4) is 0 Å². The van der Waals surface area contributed by atoms with Gasteiger partial charge in [0.25, 0.3) is 0 Å². The van der Waals surface area contributed by atoms with Crippen LogP contribution in [-0.4, -0.2) is 20.8 Å². The molecular formula is C7H12O3S. The molecule has 0 aliphatic carbocycles. The third kappa shape index (κ3) is 2.54. The molecule has 0 aromatic carbocycles. The summed E-state index contributed by atoms with van der Waals surface area (Å²) in [5, 5.41) is 1.25. The Kier molecular flexibility index (Phi) is 2.54. The Labute approximate surface area is 67.0 Å². The summed E-state index contributed by atoms with van der Waals surface area (Å²) < 4.78 is 27.1. The molecule has 11 heavy (non-hydrogen) atoms. The third-order valence-corrected chi connectivity index (χ3v) is 2.97. The first kappa shape index (κ1) is 8.59. The maximum atomic E-state index is 11.0. The highest BCUT2D eigenvalue weighted by molar-refractivity contribution is 7.94. The van der Waals surface area contributed by atoms with E-state index in [1.165, 1.54) is 5.41 Å². The zero-order valence-electron chi connectivity index (χ0n) is 6.54. The van der Waals surface area contributed by atoms with E-state index in [1.807, 2.05) is 6.92 Å². The van der Waals surface area contributed by atoms with Crippen LogP contribution in [0.15, 0.2) is 11.2 Å². The summed E-state index contributed by atoms with van der Waals surface area (Å²) in [5.74, 6) is 0.877. The van der Waals surface area contributed by atoms with Gasteiger partial charge in [-0.25, -0.2) is 8.42 Å². The molecule has 1 aliphatic heterocycles. The molecule has 4 heteroatoms. The second-order valence-electron chi connectivity index (χ2n) is 2.49. The summed E-state index contributed by atoms with van der Waals surface area (Å²) in [6.45, 7) is 2.39. The predicted octanol–water partition coefficient (Wildman–Crippen LogP) is 1.07. The van der Waals surface area contributed by atoms with Crippen LogP contribution >= 0.6 is 0 Å². The second kappa shape index (κ2) is 3.26. The molecule has 3 nitrogen and oxygen atoms in total. The number of ether oxygens (including phenoxy) is 1. The fourth-order valence-corrected chi connectivity index (χ4v) is 2.31. The van der Waals surface area contributed by atoms with E-state index in [2.05, 4.69) is 0 Å². The van der Waals surface area contributed by atoms with Crippen LogP contribution in [0, 0.1) is 0 Å². The van der Waals surface area contributed by atoms with Gasteiger partial charge in [-0.2, -0.15) is 0 Å². The molecule has 0 fully saturated rings. The fourth-order valence-electron chi connectivity index (χ4n) is 1.06. The van der Waals surface area contributed by atoms with Crippen molar-refractivity contribution in [1.82, 2.24) is 0 Å². The highest BCUT2D eigenvalue weighted by atomic mass is 32.2. The van der Waals surface area contributed by atoms with Gasteiger partial charge >= 0.3 is 0 Å². The number of rotatable bonds is 2. The van der Waals surface area contributed by atoms with Crippen LogP contribution in [-0.2, 0) is 14.6 Å². The van der Waals surface area contributed by atoms with Crippen molar-refractivity contribution in [3.05, 3.63) is 11.2 Å². The molecule has 0 aromatic heterocycles. The van der Waals surface area contributed by atoms with E-state index >= 15 is 0 Å². The van der Waals surface area contributed by atoms with Gasteiger partial charge in [0.05, 0.1) is 17.8 Å². The predicted molar refractivity (Wildman–Crippen MR) is 42.7 cm³/mol. The molecule has 0 unspecified atom stereocenters. The normalized spacial score (nSPS) is 22.5. The molecule has 0 amide bonds. The van der Waals surface area contributed by atoms with Gasteiger partial charge in [-0.1, -0.05) is 0 Å². The highest BCUT2D eigenvalue weighted by Gasteiger charge is 2.15. The molecule has 1 rings (SSSR count). The van der Waals surface area contributed by atoms with Gasteiger partial charge in [0.15, 0.2) is 9.84 Å². The van der Waals surface area contributed by atoms with Crippen molar-refractivity contribution in [3.8, 4) is 0 Å². The minimum absolute atomic E-state index is 0.267. The Hall–Kier alpha value is -0.510. The lowest BCUT2D eigenvalue weighted by atomic mass is 10.3.